The van der Waals surface area contributed by atoms with Gasteiger partial charge in [0.2, 0.25) is 0 Å². The molecule has 0 saturated heterocycles. The van der Waals surface area contributed by atoms with Crippen LogP contribution in [0.5, 0.6) is 5.75 Å². The Morgan fingerprint density at radius 1 is 1.16 bits per heavy atom. The van der Waals surface area contributed by atoms with E-state index >= 15 is 0 Å². The Kier molecular flexibility index (Phi) is 14.6. The molecule has 0 spiro atoms. The molecule has 1 rings (SSSR count). The Hall–Kier alpha value is -1.02. The van der Waals surface area contributed by atoms with Crippen molar-refractivity contribution in [2.45, 2.75) is 40.0 Å². The third-order valence-corrected chi connectivity index (χ3v) is 3.69. The molecule has 6 heteroatoms. The summed E-state index contributed by atoms with van der Waals surface area (Å²) < 4.78 is 10.7. The second-order valence-corrected chi connectivity index (χ2v) is 5.65. The van der Waals surface area contributed by atoms with Gasteiger partial charge in [-0.15, -0.1) is 24.0 Å². The number of hydrogen-bond donors (Lipinski definition) is 2. The highest BCUT2D eigenvalue weighted by Gasteiger charge is 2.02. The summed E-state index contributed by atoms with van der Waals surface area (Å²) in [4.78, 5) is 4.60. The van der Waals surface area contributed by atoms with Gasteiger partial charge in [0.25, 0.3) is 0 Å². The van der Waals surface area contributed by atoms with E-state index in [0.29, 0.717) is 0 Å². The minimum atomic E-state index is 0. The first kappa shape index (κ1) is 24.0. The normalized spacial score (nSPS) is 11.0. The molecule has 0 aliphatic carbocycles. The summed E-state index contributed by atoms with van der Waals surface area (Å²) in [6, 6.07) is 6.36. The molecule has 0 aromatic heterocycles. The number of rotatable bonds is 11. The third-order valence-electron chi connectivity index (χ3n) is 3.69. The molecule has 0 radical (unpaired) electrons. The topological polar surface area (TPSA) is 54.9 Å². The third kappa shape index (κ3) is 10.5. The minimum Gasteiger partial charge on any atom is -0.496 e. The SMILES string of the molecule is CCNC(=NCCCCOCC)NCCc1ccc(C)c(OC)c1.I. The van der Waals surface area contributed by atoms with Gasteiger partial charge in [-0.25, -0.2) is 0 Å². The Labute approximate surface area is 170 Å². The molecule has 0 unspecified atom stereocenters. The van der Waals surface area contributed by atoms with E-state index in [4.69, 9.17) is 9.47 Å². The zero-order valence-electron chi connectivity index (χ0n) is 16.1. The van der Waals surface area contributed by atoms with Gasteiger partial charge in [0, 0.05) is 32.8 Å². The number of ether oxygens (including phenoxy) is 2. The maximum atomic E-state index is 5.38. The molecule has 144 valence electrons. The number of hydrogen-bond acceptors (Lipinski definition) is 3. The molecular weight excluding hydrogens is 429 g/mol. The quantitative estimate of drug-likeness (QED) is 0.228. The van der Waals surface area contributed by atoms with E-state index in [1.165, 1.54) is 5.56 Å². The number of methoxy groups -OCH3 is 1. The molecule has 5 nitrogen and oxygen atoms in total. The summed E-state index contributed by atoms with van der Waals surface area (Å²) in [7, 11) is 1.71. The Balaban J connectivity index is 0.00000576. The van der Waals surface area contributed by atoms with Crippen LogP contribution in [-0.4, -0.2) is 45.9 Å². The fourth-order valence-corrected chi connectivity index (χ4v) is 2.34. The number of benzene rings is 1. The Morgan fingerprint density at radius 3 is 2.64 bits per heavy atom. The predicted octanol–water partition coefficient (Wildman–Crippen LogP) is 3.54. The maximum Gasteiger partial charge on any atom is 0.191 e. The van der Waals surface area contributed by atoms with Crippen molar-refractivity contribution in [3.63, 3.8) is 0 Å². The first-order valence-electron chi connectivity index (χ1n) is 8.94. The van der Waals surface area contributed by atoms with Gasteiger partial charge in [-0.1, -0.05) is 12.1 Å². The Bertz CT molecular complexity index is 496. The molecule has 0 saturated carbocycles. The lowest BCUT2D eigenvalue weighted by molar-refractivity contribution is 0.144. The van der Waals surface area contributed by atoms with Crippen LogP contribution in [0.25, 0.3) is 0 Å². The number of aryl methyl sites for hydroxylation is 1. The summed E-state index contributed by atoms with van der Waals surface area (Å²) in [6.45, 7) is 10.3. The zero-order valence-corrected chi connectivity index (χ0v) is 18.4. The average Bonchev–Trinajstić information content (AvgIpc) is 2.59. The van der Waals surface area contributed by atoms with Crippen LogP contribution in [-0.2, 0) is 11.2 Å². The first-order chi connectivity index (χ1) is 11.7. The van der Waals surface area contributed by atoms with Gasteiger partial charge in [-0.05, 0) is 57.2 Å². The summed E-state index contributed by atoms with van der Waals surface area (Å²) in [5.41, 5.74) is 2.42. The number of nitrogens with one attached hydrogen (secondary N) is 2. The van der Waals surface area contributed by atoms with Crippen molar-refractivity contribution in [2.24, 2.45) is 4.99 Å². The summed E-state index contributed by atoms with van der Waals surface area (Å²) in [5, 5.41) is 6.68. The lowest BCUT2D eigenvalue weighted by Crippen LogP contribution is -2.38. The highest BCUT2D eigenvalue weighted by molar-refractivity contribution is 14.0. The van der Waals surface area contributed by atoms with Gasteiger partial charge in [0.05, 0.1) is 7.11 Å². The van der Waals surface area contributed by atoms with Crippen LogP contribution in [0.4, 0.5) is 0 Å². The standard InChI is InChI=1S/C19H33N3O2.HI/c1-5-20-19(21-12-7-8-14-24-6-2)22-13-11-17-10-9-16(3)18(15-17)23-4;/h9-10,15H,5-8,11-14H2,1-4H3,(H2,20,21,22);1H. The number of nitrogens with zero attached hydrogens (tertiary/aromatic N) is 1. The summed E-state index contributed by atoms with van der Waals surface area (Å²) >= 11 is 0. The van der Waals surface area contributed by atoms with Crippen molar-refractivity contribution in [1.82, 2.24) is 10.6 Å². The highest BCUT2D eigenvalue weighted by atomic mass is 127. The molecule has 2 N–H and O–H groups in total. The summed E-state index contributed by atoms with van der Waals surface area (Å²) in [6.07, 6.45) is 3.04. The van der Waals surface area contributed by atoms with Crippen LogP contribution < -0.4 is 15.4 Å². The van der Waals surface area contributed by atoms with Crippen molar-refractivity contribution in [1.29, 1.82) is 0 Å². The average molecular weight is 463 g/mol. The van der Waals surface area contributed by atoms with Crippen LogP contribution in [0, 0.1) is 6.92 Å². The predicted molar refractivity (Wildman–Crippen MR) is 117 cm³/mol. The highest BCUT2D eigenvalue weighted by Crippen LogP contribution is 2.18. The molecule has 0 aliphatic rings. The van der Waals surface area contributed by atoms with Crippen molar-refractivity contribution in [3.05, 3.63) is 29.3 Å². The fourth-order valence-electron chi connectivity index (χ4n) is 2.34. The smallest absolute Gasteiger partial charge is 0.191 e. The van der Waals surface area contributed by atoms with E-state index in [1.807, 2.05) is 6.92 Å². The van der Waals surface area contributed by atoms with Gasteiger partial charge in [0.1, 0.15) is 5.75 Å². The molecule has 1 aromatic rings. The second-order valence-electron chi connectivity index (χ2n) is 5.65. The van der Waals surface area contributed by atoms with Crippen LogP contribution in [0.15, 0.2) is 23.2 Å². The van der Waals surface area contributed by atoms with Crippen LogP contribution >= 0.6 is 24.0 Å². The van der Waals surface area contributed by atoms with Crippen molar-refractivity contribution < 1.29 is 9.47 Å². The summed E-state index contributed by atoms with van der Waals surface area (Å²) in [5.74, 6) is 1.83. The molecular formula is C19H34IN3O2. The molecule has 0 amide bonds. The van der Waals surface area contributed by atoms with E-state index in [-0.39, 0.29) is 24.0 Å². The van der Waals surface area contributed by atoms with E-state index < -0.39 is 0 Å². The van der Waals surface area contributed by atoms with Crippen molar-refractivity contribution in [3.8, 4) is 5.75 Å². The zero-order chi connectivity index (χ0) is 17.6. The molecule has 0 bridgehead atoms. The van der Waals surface area contributed by atoms with Gasteiger partial charge in [-0.2, -0.15) is 0 Å². The van der Waals surface area contributed by atoms with E-state index in [9.17, 15) is 0 Å². The fraction of sp³-hybridized carbons (Fsp3) is 0.632. The van der Waals surface area contributed by atoms with Crippen molar-refractivity contribution in [2.75, 3.05) is 40.0 Å². The molecule has 1 aromatic carbocycles. The second kappa shape index (κ2) is 15.3. The number of halogens is 1. The number of unbranched alkanes of at least 4 members (excludes halogenated alkanes) is 1. The maximum absolute atomic E-state index is 5.38. The van der Waals surface area contributed by atoms with E-state index in [1.54, 1.807) is 7.11 Å². The van der Waals surface area contributed by atoms with Gasteiger partial charge in [0.15, 0.2) is 5.96 Å². The molecule has 0 aliphatic heterocycles. The number of guanidine groups is 1. The molecule has 25 heavy (non-hydrogen) atoms. The molecule has 0 fully saturated rings. The molecule has 0 heterocycles. The van der Waals surface area contributed by atoms with Crippen LogP contribution in [0.3, 0.4) is 0 Å². The largest absolute Gasteiger partial charge is 0.496 e. The van der Waals surface area contributed by atoms with Gasteiger partial charge in [-0.3, -0.25) is 4.99 Å². The monoisotopic (exact) mass is 463 g/mol. The number of aliphatic imine (C=N–C) groups is 1. The first-order valence-corrected chi connectivity index (χ1v) is 8.94. The Morgan fingerprint density at radius 2 is 1.96 bits per heavy atom. The molecule has 0 atom stereocenters. The minimum absolute atomic E-state index is 0. The van der Waals surface area contributed by atoms with Gasteiger partial charge >= 0.3 is 0 Å². The van der Waals surface area contributed by atoms with Crippen LogP contribution in [0.1, 0.15) is 37.8 Å². The lowest BCUT2D eigenvalue weighted by Gasteiger charge is -2.12. The van der Waals surface area contributed by atoms with E-state index in [0.717, 1.165) is 69.4 Å². The lowest BCUT2D eigenvalue weighted by atomic mass is 10.1. The van der Waals surface area contributed by atoms with Crippen LogP contribution in [0.2, 0.25) is 0 Å². The van der Waals surface area contributed by atoms with E-state index in [2.05, 4.69) is 47.7 Å². The van der Waals surface area contributed by atoms with Gasteiger partial charge < -0.3 is 20.1 Å². The van der Waals surface area contributed by atoms with Crippen molar-refractivity contribution >= 4 is 29.9 Å².